The van der Waals surface area contributed by atoms with Crippen molar-refractivity contribution in [2.75, 3.05) is 0 Å². The van der Waals surface area contributed by atoms with Crippen LogP contribution in [0.5, 0.6) is 5.75 Å². The van der Waals surface area contributed by atoms with Gasteiger partial charge in [-0.25, -0.2) is 4.98 Å². The van der Waals surface area contributed by atoms with E-state index in [1.54, 1.807) is 18.3 Å². The number of benzene rings is 8. The Morgan fingerprint density at radius 1 is 0.474 bits per heavy atom. The summed E-state index contributed by atoms with van der Waals surface area (Å²) in [6.45, 7) is 6.19. The minimum Gasteiger partial charge on any atom is -0.507 e. The third-order valence-corrected chi connectivity index (χ3v) is 14.2. The van der Waals surface area contributed by atoms with Gasteiger partial charge in [-0.2, -0.15) is 0 Å². The fraction of sp³-hybridized carbons (Fsp3) is 0.239. The van der Waals surface area contributed by atoms with E-state index in [1.807, 2.05) is 126 Å². The third kappa shape index (κ3) is 10.7. The summed E-state index contributed by atoms with van der Waals surface area (Å²) >= 11 is 0. The number of aromatic nitrogens is 3. The summed E-state index contributed by atoms with van der Waals surface area (Å²) in [5.41, 5.74) is 8.78. The Balaban J connectivity index is 0.00000922. The number of pyridine rings is 1. The molecule has 386 valence electrons. The van der Waals surface area contributed by atoms with Crippen LogP contribution in [0.25, 0.3) is 95.0 Å². The van der Waals surface area contributed by atoms with Crippen LogP contribution in [-0.2, 0) is 42.7 Å². The molecular formula is C71H70N3OPt-. The summed E-state index contributed by atoms with van der Waals surface area (Å²) in [5.74, 6) is 0.435. The molecule has 0 aliphatic heterocycles. The van der Waals surface area contributed by atoms with Crippen LogP contribution in [0.3, 0.4) is 0 Å². The zero-order valence-corrected chi connectivity index (χ0v) is 46.7. The van der Waals surface area contributed by atoms with Gasteiger partial charge in [0, 0.05) is 60.5 Å². The molecule has 0 aliphatic carbocycles. The van der Waals surface area contributed by atoms with E-state index in [0.717, 1.165) is 44.5 Å². The first-order chi connectivity index (χ1) is 40.5. The number of phenols is 1. The standard InChI is InChI=1S/C71H70N3O.Pt/c1-45-37-64(59(48-23-18-15-19-24-48)44-58(45)49-29-33-55(34-30-49)69(5,6)7)74-63-26-20-25-57(65(63)73-67(74)60-42-56(70(8,9)10)43-61(66(60)75)71(11,12)13)52-38-51(46-21-16-14-17-22-46)39-53(40-52)62-41-50(35-36-72-62)47-27-31-54(32-28-47)68(2,3)4;/h14-39,41-44,75H,1-13H3;/q-1;/i1D3,2D3,3D3,4D3;. The van der Waals surface area contributed by atoms with E-state index in [-0.39, 0.29) is 48.8 Å². The van der Waals surface area contributed by atoms with Crippen molar-refractivity contribution in [3.63, 3.8) is 0 Å². The third-order valence-electron chi connectivity index (χ3n) is 14.2. The molecule has 10 rings (SSSR count). The second-order valence-electron chi connectivity index (χ2n) is 22.8. The SMILES string of the molecule is [2H]C([2H])([2H])c1cc(-n2c(-c3cc(C(C)(C)C)cc(C(C)(C)C)c3O)nc3c(-c4[c-]c(-c5cc(-c6ccc(C(C([2H])([2H])[2H])(C([2H])([2H])[2H])C([2H])([2H])[2H])cc6)ccn5)cc(-c5ccccc5)c4)cccc32)c(-c2ccccc2)cc1-c1ccc(C(C)(C)C)cc1.[Pt]. The van der Waals surface area contributed by atoms with Crippen molar-refractivity contribution in [3.05, 3.63) is 216 Å². The number of rotatable bonds is 8. The molecule has 0 unspecified atom stereocenters. The van der Waals surface area contributed by atoms with Crippen LogP contribution >= 0.6 is 0 Å². The first-order valence-corrected chi connectivity index (χ1v) is 25.4. The number of phenolic OH excluding ortho intramolecular Hbond substituents is 1. The molecule has 8 aromatic carbocycles. The van der Waals surface area contributed by atoms with Crippen LogP contribution in [0, 0.1) is 12.9 Å². The van der Waals surface area contributed by atoms with Gasteiger partial charge in [-0.15, -0.1) is 23.8 Å². The van der Waals surface area contributed by atoms with Gasteiger partial charge in [-0.1, -0.05) is 233 Å². The topological polar surface area (TPSA) is 50.9 Å². The molecule has 0 bridgehead atoms. The van der Waals surface area contributed by atoms with Gasteiger partial charge in [0.25, 0.3) is 0 Å². The summed E-state index contributed by atoms with van der Waals surface area (Å²) in [7, 11) is 0. The summed E-state index contributed by atoms with van der Waals surface area (Å²) in [5, 5.41) is 12.8. The van der Waals surface area contributed by atoms with Crippen LogP contribution in [0.1, 0.15) is 127 Å². The molecule has 0 aliphatic rings. The predicted octanol–water partition coefficient (Wildman–Crippen LogP) is 19.1. The molecule has 2 heterocycles. The van der Waals surface area contributed by atoms with E-state index < -0.39 is 38.2 Å². The largest absolute Gasteiger partial charge is 0.507 e. The van der Waals surface area contributed by atoms with E-state index in [0.29, 0.717) is 67.2 Å². The van der Waals surface area contributed by atoms with Crippen LogP contribution in [0.2, 0.25) is 0 Å². The normalized spacial score (nSPS) is 15.2. The van der Waals surface area contributed by atoms with Crippen molar-refractivity contribution in [1.82, 2.24) is 14.5 Å². The molecule has 0 saturated carbocycles. The Kier molecular flexibility index (Phi) is 10.8. The number of aromatic hydroxyl groups is 1. The number of hydrogen-bond donors (Lipinski definition) is 1. The Hall–Kier alpha value is -7.13. The predicted molar refractivity (Wildman–Crippen MR) is 317 cm³/mol. The minimum absolute atomic E-state index is 0. The fourth-order valence-corrected chi connectivity index (χ4v) is 9.88. The Morgan fingerprint density at radius 3 is 1.68 bits per heavy atom. The molecule has 0 atom stereocenters. The smallest absolute Gasteiger partial charge is 0.148 e. The van der Waals surface area contributed by atoms with Gasteiger partial charge in [-0.3, -0.25) is 9.55 Å². The molecule has 0 fully saturated rings. The second-order valence-corrected chi connectivity index (χ2v) is 22.8. The van der Waals surface area contributed by atoms with Gasteiger partial charge in [-0.05, 0) is 114 Å². The summed E-state index contributed by atoms with van der Waals surface area (Å²) < 4.78 is 104. The number of hydrogen-bond acceptors (Lipinski definition) is 3. The first kappa shape index (κ1) is 40.2. The Bertz CT molecular complexity index is 4170. The number of fused-ring (bicyclic) bond motifs is 1. The molecule has 0 saturated heterocycles. The van der Waals surface area contributed by atoms with Gasteiger partial charge in [0.15, 0.2) is 0 Å². The average Bonchev–Trinajstić information content (AvgIpc) is 1.07. The molecule has 76 heavy (non-hydrogen) atoms. The van der Waals surface area contributed by atoms with Crippen molar-refractivity contribution in [2.45, 2.75) is 111 Å². The van der Waals surface area contributed by atoms with E-state index in [1.165, 1.54) is 24.3 Å². The van der Waals surface area contributed by atoms with Crippen molar-refractivity contribution in [3.8, 4) is 89.7 Å². The maximum absolute atomic E-state index is 12.8. The molecule has 1 N–H and O–H groups in total. The Morgan fingerprint density at radius 2 is 1.07 bits per heavy atom. The molecule has 2 aromatic heterocycles. The molecule has 5 heteroatoms. The van der Waals surface area contributed by atoms with E-state index >= 15 is 0 Å². The van der Waals surface area contributed by atoms with Crippen LogP contribution in [-0.4, -0.2) is 19.6 Å². The quantitative estimate of drug-likeness (QED) is 0.154. The Labute approximate surface area is 483 Å². The van der Waals surface area contributed by atoms with Crippen molar-refractivity contribution in [2.24, 2.45) is 0 Å². The monoisotopic (exact) mass is 1190 g/mol. The van der Waals surface area contributed by atoms with Gasteiger partial charge in [0.2, 0.25) is 0 Å². The maximum Gasteiger partial charge on any atom is 0.148 e. The summed E-state index contributed by atoms with van der Waals surface area (Å²) in [6, 6.07) is 58.4. The van der Waals surface area contributed by atoms with Gasteiger partial charge in [0.05, 0.1) is 22.3 Å². The zero-order valence-electron chi connectivity index (χ0n) is 56.4. The molecule has 10 aromatic rings. The average molecular weight is 1190 g/mol. The molecular weight excluding hydrogens is 1110 g/mol. The molecule has 0 radical (unpaired) electrons. The van der Waals surface area contributed by atoms with E-state index in [9.17, 15) is 9.22 Å². The minimum atomic E-state index is -3.41. The van der Waals surface area contributed by atoms with E-state index in [2.05, 4.69) is 86.6 Å². The van der Waals surface area contributed by atoms with Crippen LogP contribution < -0.4 is 0 Å². The zero-order chi connectivity index (χ0) is 63.2. The fourth-order valence-electron chi connectivity index (χ4n) is 9.88. The number of nitrogens with zero attached hydrogens (tertiary/aromatic N) is 3. The maximum atomic E-state index is 12.8. The number of imidazole rings is 1. The number of para-hydroxylation sites is 1. The second kappa shape index (κ2) is 20.4. The van der Waals surface area contributed by atoms with E-state index in [4.69, 9.17) is 22.3 Å². The van der Waals surface area contributed by atoms with Crippen LogP contribution in [0.15, 0.2) is 182 Å². The molecule has 0 spiro atoms. The van der Waals surface area contributed by atoms with Gasteiger partial charge in [0.1, 0.15) is 11.6 Å². The summed E-state index contributed by atoms with van der Waals surface area (Å²) in [4.78, 5) is 10.5. The van der Waals surface area contributed by atoms with Crippen molar-refractivity contribution >= 4 is 11.0 Å². The van der Waals surface area contributed by atoms with Gasteiger partial charge < -0.3 is 5.11 Å². The van der Waals surface area contributed by atoms with Crippen molar-refractivity contribution in [1.29, 1.82) is 0 Å². The summed E-state index contributed by atoms with van der Waals surface area (Å²) in [6.07, 6.45) is 1.63. The van der Waals surface area contributed by atoms with Crippen LogP contribution in [0.4, 0.5) is 0 Å². The number of aryl methyl sites for hydroxylation is 1. The first-order valence-electron chi connectivity index (χ1n) is 31.4. The van der Waals surface area contributed by atoms with Crippen molar-refractivity contribution < 1.29 is 42.6 Å². The van der Waals surface area contributed by atoms with Gasteiger partial charge >= 0.3 is 0 Å². The molecule has 4 nitrogen and oxygen atoms in total. The molecule has 0 amide bonds.